The zero-order chi connectivity index (χ0) is 19.9. The molecule has 2 aromatic rings. The van der Waals surface area contributed by atoms with Gasteiger partial charge in [-0.3, -0.25) is 14.7 Å². The van der Waals surface area contributed by atoms with E-state index >= 15 is 0 Å². The number of halogens is 1. The van der Waals surface area contributed by atoms with Gasteiger partial charge in [-0.2, -0.15) is 0 Å². The number of anilines is 1. The molecule has 4 rings (SSSR count). The van der Waals surface area contributed by atoms with Crippen LogP contribution in [0.25, 0.3) is 10.9 Å². The number of carbonyl (C=O) groups excluding carboxylic acids is 1. The van der Waals surface area contributed by atoms with Gasteiger partial charge >= 0.3 is 5.97 Å². The van der Waals surface area contributed by atoms with Crippen molar-refractivity contribution in [2.24, 2.45) is 0 Å². The highest BCUT2D eigenvalue weighted by Crippen LogP contribution is 2.37. The number of pyridine rings is 2. The summed E-state index contributed by atoms with van der Waals surface area (Å²) in [6.07, 6.45) is 5.97. The first-order valence-electron chi connectivity index (χ1n) is 9.94. The molecule has 0 unspecified atom stereocenters. The smallest absolute Gasteiger partial charge is 0.320 e. The van der Waals surface area contributed by atoms with Gasteiger partial charge in [0.2, 0.25) is 0 Å². The first-order chi connectivity index (χ1) is 13.3. The van der Waals surface area contributed by atoms with Crippen molar-refractivity contribution in [3.05, 3.63) is 29.5 Å². The van der Waals surface area contributed by atoms with Crippen molar-refractivity contribution in [2.75, 3.05) is 11.9 Å². The van der Waals surface area contributed by atoms with Gasteiger partial charge in [0.1, 0.15) is 16.6 Å². The lowest BCUT2D eigenvalue weighted by atomic mass is 9.97. The van der Waals surface area contributed by atoms with Crippen LogP contribution in [0.5, 0.6) is 0 Å². The molecule has 0 radical (unpaired) electrons. The van der Waals surface area contributed by atoms with Crippen LogP contribution in [-0.4, -0.2) is 51.1 Å². The average Bonchev–Trinajstić information content (AvgIpc) is 2.83. The van der Waals surface area contributed by atoms with Crippen LogP contribution < -0.4 is 5.32 Å². The fourth-order valence-electron chi connectivity index (χ4n) is 4.52. The van der Waals surface area contributed by atoms with Gasteiger partial charge in [-0.05, 0) is 58.6 Å². The molecule has 2 fully saturated rings. The monoisotopic (exact) mass is 402 g/mol. The van der Waals surface area contributed by atoms with E-state index < -0.39 is 5.60 Å². The van der Waals surface area contributed by atoms with Crippen LogP contribution in [0, 0.1) is 0 Å². The molecule has 0 spiro atoms. The summed E-state index contributed by atoms with van der Waals surface area (Å²) in [5.74, 6) is 0.657. The summed E-state index contributed by atoms with van der Waals surface area (Å²) in [5.41, 5.74) is 0.402. The lowest BCUT2D eigenvalue weighted by Crippen LogP contribution is -2.49. The maximum absolute atomic E-state index is 12.3. The predicted octanol–water partition coefficient (Wildman–Crippen LogP) is 4.03. The van der Waals surface area contributed by atoms with E-state index in [0.29, 0.717) is 29.8 Å². The first-order valence-corrected chi connectivity index (χ1v) is 10.3. The van der Waals surface area contributed by atoms with Gasteiger partial charge in [-0.1, -0.05) is 11.6 Å². The van der Waals surface area contributed by atoms with Crippen molar-refractivity contribution in [3.63, 3.8) is 0 Å². The van der Waals surface area contributed by atoms with Crippen molar-refractivity contribution in [3.8, 4) is 0 Å². The standard InChI is InChI=1S/C21H27ClN4O2/c1-21(2,3)28-19(27)12-26-14-6-7-15(26)10-13(9-14)24-20-16-5-4-8-23-17(16)11-18(22)25-20/h4-5,8,11,13-15H,6-7,9-10,12H2,1-3H3,(H,24,25)/t13-,14-,15+. The van der Waals surface area contributed by atoms with Gasteiger partial charge in [0.05, 0.1) is 12.1 Å². The Morgan fingerprint density at radius 2 is 2.04 bits per heavy atom. The number of ether oxygens (including phenoxy) is 1. The van der Waals surface area contributed by atoms with Crippen molar-refractivity contribution < 1.29 is 9.53 Å². The quantitative estimate of drug-likeness (QED) is 0.615. The van der Waals surface area contributed by atoms with E-state index in [0.717, 1.165) is 42.4 Å². The molecule has 0 aliphatic carbocycles. The molecule has 2 bridgehead atoms. The van der Waals surface area contributed by atoms with Crippen molar-refractivity contribution in [2.45, 2.75) is 70.2 Å². The molecule has 150 valence electrons. The third kappa shape index (κ3) is 4.23. The second-order valence-electron chi connectivity index (χ2n) is 8.82. The minimum Gasteiger partial charge on any atom is -0.459 e. The van der Waals surface area contributed by atoms with Gasteiger partial charge < -0.3 is 10.1 Å². The highest BCUT2D eigenvalue weighted by Gasteiger charge is 2.42. The number of rotatable bonds is 4. The van der Waals surface area contributed by atoms with Crippen LogP contribution in [0.15, 0.2) is 24.4 Å². The maximum Gasteiger partial charge on any atom is 0.320 e. The van der Waals surface area contributed by atoms with Gasteiger partial charge in [-0.25, -0.2) is 4.98 Å². The summed E-state index contributed by atoms with van der Waals surface area (Å²) < 4.78 is 5.52. The Kier molecular flexibility index (Phi) is 5.19. The lowest BCUT2D eigenvalue weighted by Gasteiger charge is -2.39. The Balaban J connectivity index is 1.45. The van der Waals surface area contributed by atoms with E-state index in [9.17, 15) is 4.79 Å². The molecule has 7 heteroatoms. The number of piperidine rings is 1. The highest BCUT2D eigenvalue weighted by atomic mass is 35.5. The molecule has 28 heavy (non-hydrogen) atoms. The van der Waals surface area contributed by atoms with E-state index in [4.69, 9.17) is 16.3 Å². The molecule has 2 aliphatic heterocycles. The fraction of sp³-hybridized carbons (Fsp3) is 0.571. The summed E-state index contributed by atoms with van der Waals surface area (Å²) in [6.45, 7) is 6.11. The average molecular weight is 403 g/mol. The number of aromatic nitrogens is 2. The van der Waals surface area contributed by atoms with Gasteiger partial charge in [0, 0.05) is 35.8 Å². The van der Waals surface area contributed by atoms with E-state index in [2.05, 4.69) is 20.2 Å². The summed E-state index contributed by atoms with van der Waals surface area (Å²) >= 11 is 6.19. The van der Waals surface area contributed by atoms with Crippen LogP contribution in [0.4, 0.5) is 5.82 Å². The second-order valence-corrected chi connectivity index (χ2v) is 9.21. The van der Waals surface area contributed by atoms with E-state index in [1.807, 2.05) is 32.9 Å². The molecule has 6 nitrogen and oxygen atoms in total. The van der Waals surface area contributed by atoms with Crippen LogP contribution >= 0.6 is 11.6 Å². The largest absolute Gasteiger partial charge is 0.459 e. The summed E-state index contributed by atoms with van der Waals surface area (Å²) in [5, 5.41) is 5.02. The molecule has 3 atom stereocenters. The second kappa shape index (κ2) is 7.48. The number of nitrogens with zero attached hydrogens (tertiary/aromatic N) is 3. The normalized spacial score (nSPS) is 25.1. The minimum absolute atomic E-state index is 0.135. The topological polar surface area (TPSA) is 67.3 Å². The van der Waals surface area contributed by atoms with E-state index in [1.165, 1.54) is 0 Å². The van der Waals surface area contributed by atoms with Gasteiger partial charge in [-0.15, -0.1) is 0 Å². The number of carbonyl (C=O) groups is 1. The molecule has 2 aliphatic rings. The predicted molar refractivity (Wildman–Crippen MR) is 111 cm³/mol. The van der Waals surface area contributed by atoms with Crippen molar-refractivity contribution in [1.29, 1.82) is 0 Å². The Morgan fingerprint density at radius 3 is 2.71 bits per heavy atom. The van der Waals surface area contributed by atoms with Crippen LogP contribution in [0.3, 0.4) is 0 Å². The SMILES string of the molecule is CC(C)(C)OC(=O)CN1[C@@H]2CC[C@H]1C[C@H](Nc1nc(Cl)cc3ncccc13)C2. The summed E-state index contributed by atoms with van der Waals surface area (Å²) in [6, 6.07) is 6.81. The molecule has 0 aromatic carbocycles. The van der Waals surface area contributed by atoms with Crippen molar-refractivity contribution in [1.82, 2.24) is 14.9 Å². The molecule has 4 heterocycles. The van der Waals surface area contributed by atoms with Crippen LogP contribution in [0.1, 0.15) is 46.5 Å². The molecule has 2 aromatic heterocycles. The van der Waals surface area contributed by atoms with E-state index in [-0.39, 0.29) is 5.97 Å². The molecule has 2 saturated heterocycles. The Morgan fingerprint density at radius 1 is 1.32 bits per heavy atom. The third-order valence-electron chi connectivity index (χ3n) is 5.52. The van der Waals surface area contributed by atoms with E-state index in [1.54, 1.807) is 12.3 Å². The first kappa shape index (κ1) is 19.4. The number of fused-ring (bicyclic) bond motifs is 3. The zero-order valence-electron chi connectivity index (χ0n) is 16.6. The third-order valence-corrected chi connectivity index (χ3v) is 5.72. The number of hydrogen-bond acceptors (Lipinski definition) is 6. The van der Waals surface area contributed by atoms with Crippen molar-refractivity contribution >= 4 is 34.3 Å². The Hall–Kier alpha value is -1.92. The number of esters is 1. The van der Waals surface area contributed by atoms with Crippen LogP contribution in [-0.2, 0) is 9.53 Å². The fourth-order valence-corrected chi connectivity index (χ4v) is 4.71. The zero-order valence-corrected chi connectivity index (χ0v) is 17.4. The van der Waals surface area contributed by atoms with Gasteiger partial charge in [0.25, 0.3) is 0 Å². The minimum atomic E-state index is -0.441. The Labute approximate surface area is 170 Å². The summed E-state index contributed by atoms with van der Waals surface area (Å²) in [7, 11) is 0. The number of nitrogens with one attached hydrogen (secondary N) is 1. The molecule has 0 saturated carbocycles. The maximum atomic E-state index is 12.3. The van der Waals surface area contributed by atoms with Gasteiger partial charge in [0.15, 0.2) is 0 Å². The van der Waals surface area contributed by atoms with Crippen LogP contribution in [0.2, 0.25) is 5.15 Å². The Bertz CT molecular complexity index is 868. The molecule has 0 amide bonds. The number of hydrogen-bond donors (Lipinski definition) is 1. The lowest BCUT2D eigenvalue weighted by molar-refractivity contribution is -0.157. The molecular weight excluding hydrogens is 376 g/mol. The summed E-state index contributed by atoms with van der Waals surface area (Å²) in [4.78, 5) is 23.5. The highest BCUT2D eigenvalue weighted by molar-refractivity contribution is 6.30. The molecular formula is C21H27ClN4O2. The molecule has 1 N–H and O–H groups in total.